The highest BCUT2D eigenvalue weighted by molar-refractivity contribution is 9.10. The molecular weight excluding hydrogens is 352 g/mol. The maximum absolute atomic E-state index is 12.8. The summed E-state index contributed by atoms with van der Waals surface area (Å²) in [7, 11) is 0. The molecule has 1 aliphatic rings. The predicted molar refractivity (Wildman–Crippen MR) is 89.7 cm³/mol. The van der Waals surface area contributed by atoms with Gasteiger partial charge in [-0.25, -0.2) is 0 Å². The second kappa shape index (κ2) is 5.94. The SMILES string of the molecule is Nc1c(C(=O)N(CCO)C2CCC2)sc2cc(Br)ccc12. The summed E-state index contributed by atoms with van der Waals surface area (Å²) in [4.78, 5) is 15.1. The molecule has 1 saturated carbocycles. The van der Waals surface area contributed by atoms with Gasteiger partial charge in [0, 0.05) is 27.1 Å². The number of amides is 1. The number of thiophene rings is 1. The number of halogens is 1. The first kappa shape index (κ1) is 14.8. The molecule has 0 radical (unpaired) electrons. The maximum atomic E-state index is 12.8. The number of fused-ring (bicyclic) bond motifs is 1. The van der Waals surface area contributed by atoms with E-state index in [2.05, 4.69) is 15.9 Å². The van der Waals surface area contributed by atoms with E-state index in [1.54, 1.807) is 4.90 Å². The lowest BCUT2D eigenvalue weighted by molar-refractivity contribution is 0.0531. The van der Waals surface area contributed by atoms with Gasteiger partial charge < -0.3 is 15.7 Å². The molecule has 0 aliphatic heterocycles. The Morgan fingerprint density at radius 3 is 2.86 bits per heavy atom. The first-order chi connectivity index (χ1) is 10.1. The van der Waals surface area contributed by atoms with Gasteiger partial charge in [-0.1, -0.05) is 22.0 Å². The third kappa shape index (κ3) is 2.67. The van der Waals surface area contributed by atoms with Crippen molar-refractivity contribution < 1.29 is 9.90 Å². The smallest absolute Gasteiger partial charge is 0.266 e. The van der Waals surface area contributed by atoms with Gasteiger partial charge in [-0.15, -0.1) is 11.3 Å². The van der Waals surface area contributed by atoms with E-state index in [9.17, 15) is 9.90 Å². The molecule has 1 fully saturated rings. The van der Waals surface area contributed by atoms with Crippen LogP contribution in [0.2, 0.25) is 0 Å². The summed E-state index contributed by atoms with van der Waals surface area (Å²) in [6.07, 6.45) is 3.18. The van der Waals surface area contributed by atoms with E-state index >= 15 is 0 Å². The Bertz CT molecular complexity index is 682. The molecule has 0 unspecified atom stereocenters. The molecule has 6 heteroatoms. The van der Waals surface area contributed by atoms with Crippen LogP contribution in [0.15, 0.2) is 22.7 Å². The summed E-state index contributed by atoms with van der Waals surface area (Å²) >= 11 is 4.86. The van der Waals surface area contributed by atoms with E-state index < -0.39 is 0 Å². The van der Waals surface area contributed by atoms with Gasteiger partial charge in [0.15, 0.2) is 0 Å². The minimum absolute atomic E-state index is 0.0153. The lowest BCUT2D eigenvalue weighted by atomic mass is 9.91. The Hall–Kier alpha value is -1.11. The standard InChI is InChI=1S/C15H17BrN2O2S/c16-9-4-5-11-12(8-9)21-14(13(11)17)15(20)18(6-7-19)10-2-1-3-10/h4-5,8,10,19H,1-3,6-7,17H2. The fourth-order valence-corrected chi connectivity index (χ4v) is 4.27. The number of rotatable bonds is 4. The first-order valence-corrected chi connectivity index (χ1v) is 8.62. The van der Waals surface area contributed by atoms with Gasteiger partial charge in [0.05, 0.1) is 12.3 Å². The number of benzene rings is 1. The number of nitrogen functional groups attached to an aromatic ring is 1. The number of anilines is 1. The minimum atomic E-state index is -0.0522. The zero-order valence-corrected chi connectivity index (χ0v) is 13.9. The second-order valence-electron chi connectivity index (χ2n) is 5.29. The Labute approximate surface area is 135 Å². The van der Waals surface area contributed by atoms with Crippen molar-refractivity contribution in [2.45, 2.75) is 25.3 Å². The van der Waals surface area contributed by atoms with Gasteiger partial charge in [0.2, 0.25) is 0 Å². The van der Waals surface area contributed by atoms with Crippen LogP contribution in [0, 0.1) is 0 Å². The molecule has 1 heterocycles. The molecule has 0 saturated heterocycles. The minimum Gasteiger partial charge on any atom is -0.397 e. The summed E-state index contributed by atoms with van der Waals surface area (Å²) in [5.74, 6) is -0.0522. The van der Waals surface area contributed by atoms with Crippen molar-refractivity contribution in [3.8, 4) is 0 Å². The molecular formula is C15H17BrN2O2S. The highest BCUT2D eigenvalue weighted by Crippen LogP contribution is 2.37. The Kier molecular flexibility index (Phi) is 4.19. The van der Waals surface area contributed by atoms with Crippen molar-refractivity contribution >= 4 is 48.9 Å². The summed E-state index contributed by atoms with van der Waals surface area (Å²) in [5.41, 5.74) is 6.72. The van der Waals surface area contributed by atoms with E-state index in [0.29, 0.717) is 17.1 Å². The molecule has 21 heavy (non-hydrogen) atoms. The van der Waals surface area contributed by atoms with Crippen molar-refractivity contribution in [1.29, 1.82) is 0 Å². The number of nitrogens with two attached hydrogens (primary N) is 1. The van der Waals surface area contributed by atoms with Gasteiger partial charge in [-0.2, -0.15) is 0 Å². The third-order valence-corrected chi connectivity index (χ3v) is 5.65. The topological polar surface area (TPSA) is 66.6 Å². The van der Waals surface area contributed by atoms with Crippen molar-refractivity contribution in [3.63, 3.8) is 0 Å². The van der Waals surface area contributed by atoms with E-state index in [0.717, 1.165) is 33.8 Å². The number of aliphatic hydroxyl groups excluding tert-OH is 1. The molecule has 1 amide bonds. The van der Waals surface area contributed by atoms with Gasteiger partial charge in [-0.05, 0) is 31.4 Å². The Morgan fingerprint density at radius 1 is 1.48 bits per heavy atom. The molecule has 1 aromatic heterocycles. The fourth-order valence-electron chi connectivity index (χ4n) is 2.64. The van der Waals surface area contributed by atoms with Gasteiger partial charge in [0.1, 0.15) is 4.88 Å². The average molecular weight is 369 g/mol. The van der Waals surface area contributed by atoms with Crippen molar-refractivity contribution in [2.24, 2.45) is 0 Å². The van der Waals surface area contributed by atoms with Crippen LogP contribution < -0.4 is 5.73 Å². The molecule has 112 valence electrons. The molecule has 2 aromatic rings. The fraction of sp³-hybridized carbons (Fsp3) is 0.400. The van der Waals surface area contributed by atoms with E-state index in [1.807, 2.05) is 18.2 Å². The number of hydrogen-bond acceptors (Lipinski definition) is 4. The summed E-state index contributed by atoms with van der Waals surface area (Å²) in [6, 6.07) is 6.09. The van der Waals surface area contributed by atoms with Crippen molar-refractivity contribution in [2.75, 3.05) is 18.9 Å². The highest BCUT2D eigenvalue weighted by atomic mass is 79.9. The Balaban J connectivity index is 1.97. The van der Waals surface area contributed by atoms with Crippen molar-refractivity contribution in [3.05, 3.63) is 27.5 Å². The molecule has 3 N–H and O–H groups in total. The van der Waals surface area contributed by atoms with Crippen LogP contribution in [0.4, 0.5) is 5.69 Å². The Morgan fingerprint density at radius 2 is 2.24 bits per heavy atom. The van der Waals surface area contributed by atoms with Gasteiger partial charge in [-0.3, -0.25) is 4.79 Å². The van der Waals surface area contributed by atoms with Crippen LogP contribution in [0.5, 0.6) is 0 Å². The van der Waals surface area contributed by atoms with Crippen LogP contribution in [0.3, 0.4) is 0 Å². The van der Waals surface area contributed by atoms with E-state index in [1.165, 1.54) is 11.3 Å². The zero-order valence-electron chi connectivity index (χ0n) is 11.5. The molecule has 3 rings (SSSR count). The monoisotopic (exact) mass is 368 g/mol. The molecule has 1 aromatic carbocycles. The number of hydrogen-bond donors (Lipinski definition) is 2. The van der Waals surface area contributed by atoms with Crippen LogP contribution in [-0.4, -0.2) is 35.1 Å². The summed E-state index contributed by atoms with van der Waals surface area (Å²) in [6.45, 7) is 0.361. The largest absolute Gasteiger partial charge is 0.397 e. The van der Waals surface area contributed by atoms with Crippen LogP contribution >= 0.6 is 27.3 Å². The third-order valence-electron chi connectivity index (χ3n) is 4.00. The molecule has 4 nitrogen and oxygen atoms in total. The summed E-state index contributed by atoms with van der Waals surface area (Å²) < 4.78 is 1.98. The number of aliphatic hydroxyl groups is 1. The van der Waals surface area contributed by atoms with Crippen LogP contribution in [0.1, 0.15) is 28.9 Å². The molecule has 0 bridgehead atoms. The number of carbonyl (C=O) groups is 1. The average Bonchev–Trinajstić information content (AvgIpc) is 2.72. The molecule has 0 spiro atoms. The quantitative estimate of drug-likeness (QED) is 0.870. The van der Waals surface area contributed by atoms with E-state index in [4.69, 9.17) is 5.73 Å². The number of nitrogens with zero attached hydrogens (tertiary/aromatic N) is 1. The van der Waals surface area contributed by atoms with Crippen molar-refractivity contribution in [1.82, 2.24) is 4.90 Å². The predicted octanol–water partition coefficient (Wildman–Crippen LogP) is 3.23. The normalized spacial score (nSPS) is 15.1. The molecule has 0 atom stereocenters. The second-order valence-corrected chi connectivity index (χ2v) is 7.26. The zero-order chi connectivity index (χ0) is 15.0. The van der Waals surface area contributed by atoms with Gasteiger partial charge in [0.25, 0.3) is 5.91 Å². The van der Waals surface area contributed by atoms with Gasteiger partial charge >= 0.3 is 0 Å². The highest BCUT2D eigenvalue weighted by Gasteiger charge is 2.31. The van der Waals surface area contributed by atoms with Crippen LogP contribution in [0.25, 0.3) is 10.1 Å². The number of carbonyl (C=O) groups excluding carboxylic acids is 1. The lowest BCUT2D eigenvalue weighted by Gasteiger charge is -2.37. The maximum Gasteiger partial charge on any atom is 0.266 e. The molecule has 1 aliphatic carbocycles. The lowest BCUT2D eigenvalue weighted by Crippen LogP contribution is -2.45. The first-order valence-electron chi connectivity index (χ1n) is 7.01. The van der Waals surface area contributed by atoms with E-state index in [-0.39, 0.29) is 18.6 Å². The summed E-state index contributed by atoms with van der Waals surface area (Å²) in [5, 5.41) is 10.1. The van der Waals surface area contributed by atoms with Crippen LogP contribution in [-0.2, 0) is 0 Å².